The third-order valence-electron chi connectivity index (χ3n) is 3.74. The molecule has 0 aliphatic heterocycles. The van der Waals surface area contributed by atoms with Crippen molar-refractivity contribution in [3.63, 3.8) is 0 Å². The van der Waals surface area contributed by atoms with Gasteiger partial charge in [-0.2, -0.15) is 0 Å². The van der Waals surface area contributed by atoms with E-state index in [9.17, 15) is 4.79 Å². The second kappa shape index (κ2) is 6.96. The number of thiazole rings is 1. The quantitative estimate of drug-likeness (QED) is 0.497. The average molecular weight is 385 g/mol. The second-order valence-corrected chi connectivity index (χ2v) is 7.72. The zero-order valence-electron chi connectivity index (χ0n) is 13.0. The monoisotopic (exact) mass is 384 g/mol. The number of aromatic nitrogens is 1. The number of rotatable bonds is 4. The molecule has 0 saturated heterocycles. The van der Waals surface area contributed by atoms with Gasteiger partial charge in [0, 0.05) is 21.0 Å². The summed E-state index contributed by atoms with van der Waals surface area (Å²) in [6.45, 7) is 0.382. The first-order valence-corrected chi connectivity index (χ1v) is 9.75. The standard InChI is InChI=1S/C19H13ClN2OS2/c20-16-14-8-4-5-9-15(14)25-17(16)18(23)21-10-13-11-24-19(22-13)12-6-2-1-3-7-12/h1-9,11H,10H2,(H,21,23). The first-order chi connectivity index (χ1) is 12.2. The minimum Gasteiger partial charge on any atom is -0.346 e. The summed E-state index contributed by atoms with van der Waals surface area (Å²) in [7, 11) is 0. The Hall–Kier alpha value is -2.21. The molecule has 124 valence electrons. The van der Waals surface area contributed by atoms with Gasteiger partial charge in [0.1, 0.15) is 9.88 Å². The minimum absolute atomic E-state index is 0.166. The number of halogens is 1. The van der Waals surface area contributed by atoms with E-state index in [0.717, 1.165) is 26.4 Å². The van der Waals surface area contributed by atoms with Crippen LogP contribution in [0, 0.1) is 0 Å². The van der Waals surface area contributed by atoms with E-state index in [1.807, 2.05) is 60.0 Å². The average Bonchev–Trinajstić information content (AvgIpc) is 3.26. The van der Waals surface area contributed by atoms with Crippen LogP contribution in [-0.4, -0.2) is 10.9 Å². The molecule has 0 bridgehead atoms. The van der Waals surface area contributed by atoms with E-state index in [2.05, 4.69) is 10.3 Å². The summed E-state index contributed by atoms with van der Waals surface area (Å²) in [6, 6.07) is 17.8. The maximum atomic E-state index is 12.5. The molecular formula is C19H13ClN2OS2. The first-order valence-electron chi connectivity index (χ1n) is 7.67. The van der Waals surface area contributed by atoms with Gasteiger partial charge >= 0.3 is 0 Å². The Morgan fingerprint density at radius 2 is 1.84 bits per heavy atom. The molecule has 6 heteroatoms. The van der Waals surface area contributed by atoms with Crippen molar-refractivity contribution >= 4 is 50.3 Å². The number of benzene rings is 2. The first kappa shape index (κ1) is 16.3. The summed E-state index contributed by atoms with van der Waals surface area (Å²) in [5, 5.41) is 7.26. The lowest BCUT2D eigenvalue weighted by molar-refractivity contribution is 0.0954. The topological polar surface area (TPSA) is 42.0 Å². The van der Waals surface area contributed by atoms with Crippen LogP contribution in [-0.2, 0) is 6.54 Å². The van der Waals surface area contributed by atoms with Crippen LogP contribution in [0.1, 0.15) is 15.4 Å². The SMILES string of the molecule is O=C(NCc1csc(-c2ccccc2)n1)c1sc2ccccc2c1Cl. The van der Waals surface area contributed by atoms with Crippen LogP contribution >= 0.6 is 34.3 Å². The maximum absolute atomic E-state index is 12.5. The molecule has 0 atom stereocenters. The lowest BCUT2D eigenvalue weighted by Gasteiger charge is -2.01. The van der Waals surface area contributed by atoms with Crippen LogP contribution < -0.4 is 5.32 Å². The van der Waals surface area contributed by atoms with E-state index >= 15 is 0 Å². The van der Waals surface area contributed by atoms with E-state index in [1.165, 1.54) is 11.3 Å². The van der Waals surface area contributed by atoms with Crippen LogP contribution in [0.15, 0.2) is 60.0 Å². The van der Waals surface area contributed by atoms with Gasteiger partial charge in [-0.15, -0.1) is 22.7 Å². The summed E-state index contributed by atoms with van der Waals surface area (Å²) in [6.07, 6.45) is 0. The van der Waals surface area contributed by atoms with Crippen molar-refractivity contribution in [1.29, 1.82) is 0 Å². The number of nitrogens with one attached hydrogen (secondary N) is 1. The van der Waals surface area contributed by atoms with Gasteiger partial charge in [-0.25, -0.2) is 4.98 Å². The molecule has 0 fully saturated rings. The van der Waals surface area contributed by atoms with Crippen LogP contribution in [0.2, 0.25) is 5.02 Å². The van der Waals surface area contributed by atoms with Gasteiger partial charge in [-0.3, -0.25) is 4.79 Å². The normalized spacial score (nSPS) is 10.9. The molecule has 25 heavy (non-hydrogen) atoms. The molecule has 4 aromatic rings. The lowest BCUT2D eigenvalue weighted by atomic mass is 10.2. The fourth-order valence-electron chi connectivity index (χ4n) is 2.51. The van der Waals surface area contributed by atoms with E-state index in [-0.39, 0.29) is 5.91 Å². The largest absolute Gasteiger partial charge is 0.346 e. The van der Waals surface area contributed by atoms with Crippen LogP contribution in [0.3, 0.4) is 0 Å². The van der Waals surface area contributed by atoms with Crippen molar-refractivity contribution in [2.24, 2.45) is 0 Å². The number of hydrogen-bond donors (Lipinski definition) is 1. The number of amides is 1. The van der Waals surface area contributed by atoms with Gasteiger partial charge in [0.2, 0.25) is 0 Å². The number of hydrogen-bond acceptors (Lipinski definition) is 4. The lowest BCUT2D eigenvalue weighted by Crippen LogP contribution is -2.22. The molecule has 0 spiro atoms. The van der Waals surface area contributed by atoms with Gasteiger partial charge in [0.15, 0.2) is 0 Å². The molecule has 2 aromatic heterocycles. The van der Waals surface area contributed by atoms with E-state index in [1.54, 1.807) is 11.3 Å². The third-order valence-corrected chi connectivity index (χ3v) is 6.36. The summed E-state index contributed by atoms with van der Waals surface area (Å²) < 4.78 is 1.01. The Morgan fingerprint density at radius 3 is 2.64 bits per heavy atom. The zero-order chi connectivity index (χ0) is 17.2. The Morgan fingerprint density at radius 1 is 1.08 bits per heavy atom. The molecule has 0 aliphatic rings. The molecule has 0 radical (unpaired) electrons. The summed E-state index contributed by atoms with van der Waals surface area (Å²) in [5.41, 5.74) is 1.92. The molecule has 2 aromatic carbocycles. The highest BCUT2D eigenvalue weighted by molar-refractivity contribution is 7.21. The van der Waals surface area contributed by atoms with Crippen LogP contribution in [0.25, 0.3) is 20.7 Å². The Balaban J connectivity index is 1.48. The number of carbonyl (C=O) groups is 1. The van der Waals surface area contributed by atoms with Crippen molar-refractivity contribution in [2.45, 2.75) is 6.54 Å². The molecule has 3 nitrogen and oxygen atoms in total. The highest BCUT2D eigenvalue weighted by atomic mass is 35.5. The summed E-state index contributed by atoms with van der Waals surface area (Å²) >= 11 is 9.33. The van der Waals surface area contributed by atoms with Crippen LogP contribution in [0.4, 0.5) is 0 Å². The van der Waals surface area contributed by atoms with Gasteiger partial charge < -0.3 is 5.32 Å². The third kappa shape index (κ3) is 3.31. The number of fused-ring (bicyclic) bond motifs is 1. The Kier molecular flexibility index (Phi) is 4.53. The number of carbonyl (C=O) groups excluding carboxylic acids is 1. The molecule has 4 rings (SSSR count). The van der Waals surface area contributed by atoms with E-state index in [0.29, 0.717) is 16.4 Å². The van der Waals surface area contributed by atoms with Crippen LogP contribution in [0.5, 0.6) is 0 Å². The molecule has 0 unspecified atom stereocenters. The van der Waals surface area contributed by atoms with Crippen molar-refractivity contribution in [1.82, 2.24) is 10.3 Å². The van der Waals surface area contributed by atoms with Gasteiger partial charge in [0.05, 0.1) is 17.3 Å². The predicted octanol–water partition coefficient (Wildman–Crippen LogP) is 5.61. The van der Waals surface area contributed by atoms with Crippen molar-refractivity contribution in [3.8, 4) is 10.6 Å². The smallest absolute Gasteiger partial charge is 0.263 e. The van der Waals surface area contributed by atoms with E-state index < -0.39 is 0 Å². The number of nitrogens with zero attached hydrogens (tertiary/aromatic N) is 1. The Labute approximate surface area is 157 Å². The predicted molar refractivity (Wildman–Crippen MR) is 106 cm³/mol. The van der Waals surface area contributed by atoms with Gasteiger partial charge in [-0.05, 0) is 6.07 Å². The van der Waals surface area contributed by atoms with Crippen molar-refractivity contribution in [2.75, 3.05) is 0 Å². The molecule has 0 saturated carbocycles. The Bertz CT molecular complexity index is 1040. The van der Waals surface area contributed by atoms with E-state index in [4.69, 9.17) is 11.6 Å². The molecule has 2 heterocycles. The molecule has 0 aliphatic carbocycles. The summed E-state index contributed by atoms with van der Waals surface area (Å²) in [5.74, 6) is -0.166. The highest BCUT2D eigenvalue weighted by Gasteiger charge is 2.17. The van der Waals surface area contributed by atoms with Crippen molar-refractivity contribution < 1.29 is 4.79 Å². The van der Waals surface area contributed by atoms with Gasteiger partial charge in [0.25, 0.3) is 5.91 Å². The highest BCUT2D eigenvalue weighted by Crippen LogP contribution is 2.35. The zero-order valence-corrected chi connectivity index (χ0v) is 15.4. The minimum atomic E-state index is -0.166. The molecular weight excluding hydrogens is 372 g/mol. The fourth-order valence-corrected chi connectivity index (χ4v) is 4.77. The van der Waals surface area contributed by atoms with Crippen molar-refractivity contribution in [3.05, 3.63) is 75.6 Å². The molecule has 1 N–H and O–H groups in total. The second-order valence-electron chi connectivity index (χ2n) is 5.43. The fraction of sp³-hybridized carbons (Fsp3) is 0.0526. The maximum Gasteiger partial charge on any atom is 0.263 e. The summed E-state index contributed by atoms with van der Waals surface area (Å²) in [4.78, 5) is 17.6. The van der Waals surface area contributed by atoms with Gasteiger partial charge in [-0.1, -0.05) is 60.1 Å². The number of thiophene rings is 1. The molecule has 1 amide bonds.